The molecule has 1 aromatic carbocycles. The van der Waals surface area contributed by atoms with Gasteiger partial charge in [0.1, 0.15) is 0 Å². The van der Waals surface area contributed by atoms with Gasteiger partial charge >= 0.3 is 0 Å². The van der Waals surface area contributed by atoms with Gasteiger partial charge in [0.05, 0.1) is 12.6 Å². The van der Waals surface area contributed by atoms with Crippen molar-refractivity contribution in [3.05, 3.63) is 58.3 Å². The third kappa shape index (κ3) is 3.66. The maximum Gasteiger partial charge on any atom is 0.0626 e. The van der Waals surface area contributed by atoms with Gasteiger partial charge in [-0.2, -0.15) is 0 Å². The number of hydrogen-bond donors (Lipinski definition) is 2. The summed E-state index contributed by atoms with van der Waals surface area (Å²) in [6, 6.07) is 14.6. The van der Waals surface area contributed by atoms with E-state index in [4.69, 9.17) is 0 Å². The lowest BCUT2D eigenvalue weighted by atomic mass is 9.99. The Balaban J connectivity index is 2.16. The lowest BCUT2D eigenvalue weighted by Crippen LogP contribution is -2.31. The van der Waals surface area contributed by atoms with Crippen LogP contribution < -0.4 is 5.32 Å². The fourth-order valence-corrected chi connectivity index (χ4v) is 3.19. The first kappa shape index (κ1) is 14.3. The van der Waals surface area contributed by atoms with Crippen molar-refractivity contribution >= 4 is 11.3 Å². The van der Waals surface area contributed by atoms with Gasteiger partial charge in [0, 0.05) is 10.9 Å². The van der Waals surface area contributed by atoms with Crippen LogP contribution >= 0.6 is 11.3 Å². The average Bonchev–Trinajstić information content (AvgIpc) is 2.94. The summed E-state index contributed by atoms with van der Waals surface area (Å²) in [6.45, 7) is 4.52. The summed E-state index contributed by atoms with van der Waals surface area (Å²) in [7, 11) is 0. The largest absolute Gasteiger partial charge is 0.394 e. The maximum atomic E-state index is 9.65. The number of nitrogens with one attached hydrogen (secondary N) is 1. The van der Waals surface area contributed by atoms with E-state index in [1.165, 1.54) is 4.88 Å². The molecule has 1 heterocycles. The second-order valence-electron chi connectivity index (χ2n) is 5.05. The van der Waals surface area contributed by atoms with Crippen molar-refractivity contribution in [2.45, 2.75) is 25.9 Å². The van der Waals surface area contributed by atoms with Gasteiger partial charge in [-0.25, -0.2) is 0 Å². The van der Waals surface area contributed by atoms with Crippen LogP contribution in [0.15, 0.2) is 47.8 Å². The molecule has 0 aliphatic carbocycles. The van der Waals surface area contributed by atoms with Gasteiger partial charge in [-0.15, -0.1) is 11.3 Å². The molecule has 0 aliphatic heterocycles. The van der Waals surface area contributed by atoms with Crippen LogP contribution in [0.5, 0.6) is 0 Å². The van der Waals surface area contributed by atoms with Crippen LogP contribution in [0, 0.1) is 5.92 Å². The van der Waals surface area contributed by atoms with E-state index in [1.54, 1.807) is 11.3 Å². The van der Waals surface area contributed by atoms with E-state index in [0.717, 1.165) is 5.56 Å². The third-order valence-electron chi connectivity index (χ3n) is 3.28. The molecule has 0 bridgehead atoms. The highest BCUT2D eigenvalue weighted by Crippen LogP contribution is 2.28. The number of aliphatic hydroxyl groups is 1. The van der Waals surface area contributed by atoms with E-state index >= 15 is 0 Å². The number of benzene rings is 1. The van der Waals surface area contributed by atoms with Crippen molar-refractivity contribution in [3.63, 3.8) is 0 Å². The Morgan fingerprint density at radius 2 is 1.84 bits per heavy atom. The van der Waals surface area contributed by atoms with Gasteiger partial charge in [-0.05, 0) is 22.9 Å². The van der Waals surface area contributed by atoms with E-state index in [9.17, 15) is 5.11 Å². The minimum absolute atomic E-state index is 0.0179. The Hall–Kier alpha value is -1.16. The monoisotopic (exact) mass is 275 g/mol. The molecule has 0 aliphatic rings. The Kier molecular flexibility index (Phi) is 5.14. The zero-order chi connectivity index (χ0) is 13.7. The molecule has 0 saturated heterocycles. The molecule has 0 saturated carbocycles. The zero-order valence-electron chi connectivity index (χ0n) is 11.4. The Morgan fingerprint density at radius 1 is 1.11 bits per heavy atom. The van der Waals surface area contributed by atoms with E-state index in [0.29, 0.717) is 5.92 Å². The van der Waals surface area contributed by atoms with Crippen LogP contribution in [0.2, 0.25) is 0 Å². The summed E-state index contributed by atoms with van der Waals surface area (Å²) >= 11 is 1.76. The molecular formula is C16H21NOS. The molecule has 0 radical (unpaired) electrons. The molecule has 2 atom stereocenters. The molecule has 2 rings (SSSR count). The zero-order valence-corrected chi connectivity index (χ0v) is 12.2. The molecule has 0 amide bonds. The van der Waals surface area contributed by atoms with Crippen molar-refractivity contribution < 1.29 is 5.11 Å². The van der Waals surface area contributed by atoms with Crippen molar-refractivity contribution in [3.8, 4) is 0 Å². The van der Waals surface area contributed by atoms with E-state index in [1.807, 2.05) is 18.2 Å². The Morgan fingerprint density at radius 3 is 2.37 bits per heavy atom. The average molecular weight is 275 g/mol. The molecule has 1 unspecified atom stereocenters. The first-order valence-electron chi connectivity index (χ1n) is 6.67. The van der Waals surface area contributed by atoms with Gasteiger partial charge in [-0.3, -0.25) is 0 Å². The molecule has 102 valence electrons. The second kappa shape index (κ2) is 6.85. The van der Waals surface area contributed by atoms with Gasteiger partial charge < -0.3 is 10.4 Å². The lowest BCUT2D eigenvalue weighted by Gasteiger charge is -2.27. The summed E-state index contributed by atoms with van der Waals surface area (Å²) < 4.78 is 0. The summed E-state index contributed by atoms with van der Waals surface area (Å²) in [5, 5.41) is 15.3. The van der Waals surface area contributed by atoms with Crippen molar-refractivity contribution in [1.29, 1.82) is 0 Å². The molecule has 3 heteroatoms. The van der Waals surface area contributed by atoms with Gasteiger partial charge in [0.15, 0.2) is 0 Å². The summed E-state index contributed by atoms with van der Waals surface area (Å²) in [5.74, 6) is 0.483. The molecular weight excluding hydrogens is 254 g/mol. The van der Waals surface area contributed by atoms with E-state index in [2.05, 4.69) is 48.8 Å². The van der Waals surface area contributed by atoms with Crippen LogP contribution in [-0.4, -0.2) is 11.7 Å². The normalized spacial score (nSPS) is 14.5. The fourth-order valence-electron chi connectivity index (χ4n) is 2.23. The van der Waals surface area contributed by atoms with Crippen molar-refractivity contribution in [2.24, 2.45) is 5.92 Å². The molecule has 19 heavy (non-hydrogen) atoms. The molecule has 0 spiro atoms. The first-order valence-corrected chi connectivity index (χ1v) is 7.55. The van der Waals surface area contributed by atoms with Crippen LogP contribution in [0.3, 0.4) is 0 Å². The quantitative estimate of drug-likeness (QED) is 0.841. The highest BCUT2D eigenvalue weighted by Gasteiger charge is 2.21. The standard InChI is InChI=1S/C16H21NOS/c1-12(2)16(15-9-6-10-19-15)17-14(11-18)13-7-4-3-5-8-13/h3-10,12,14,16-18H,11H2,1-2H3/t14-,16?/m1/s1. The minimum Gasteiger partial charge on any atom is -0.394 e. The summed E-state index contributed by atoms with van der Waals surface area (Å²) in [6.07, 6.45) is 0. The summed E-state index contributed by atoms with van der Waals surface area (Å²) in [5.41, 5.74) is 1.13. The minimum atomic E-state index is -0.0179. The summed E-state index contributed by atoms with van der Waals surface area (Å²) in [4.78, 5) is 1.32. The van der Waals surface area contributed by atoms with Crippen LogP contribution in [0.25, 0.3) is 0 Å². The second-order valence-corrected chi connectivity index (χ2v) is 6.03. The van der Waals surface area contributed by atoms with Gasteiger partial charge in [-0.1, -0.05) is 50.2 Å². The Labute approximate surface area is 119 Å². The molecule has 2 N–H and O–H groups in total. The van der Waals surface area contributed by atoms with Crippen LogP contribution in [0.1, 0.15) is 36.4 Å². The SMILES string of the molecule is CC(C)C(N[C@H](CO)c1ccccc1)c1cccs1. The maximum absolute atomic E-state index is 9.65. The first-order chi connectivity index (χ1) is 9.22. The number of aliphatic hydroxyl groups excluding tert-OH is 1. The van der Waals surface area contributed by atoms with Gasteiger partial charge in [0.2, 0.25) is 0 Å². The number of hydrogen-bond acceptors (Lipinski definition) is 3. The van der Waals surface area contributed by atoms with Gasteiger partial charge in [0.25, 0.3) is 0 Å². The molecule has 0 fully saturated rings. The molecule has 2 nitrogen and oxygen atoms in total. The topological polar surface area (TPSA) is 32.3 Å². The predicted molar refractivity (Wildman–Crippen MR) is 81.3 cm³/mol. The van der Waals surface area contributed by atoms with Crippen molar-refractivity contribution in [2.75, 3.05) is 6.61 Å². The van der Waals surface area contributed by atoms with Crippen LogP contribution in [0.4, 0.5) is 0 Å². The number of rotatable bonds is 6. The fraction of sp³-hybridized carbons (Fsp3) is 0.375. The Bertz CT molecular complexity index is 467. The van der Waals surface area contributed by atoms with E-state index in [-0.39, 0.29) is 18.7 Å². The van der Waals surface area contributed by atoms with Crippen LogP contribution in [-0.2, 0) is 0 Å². The number of thiophene rings is 1. The third-order valence-corrected chi connectivity index (χ3v) is 4.24. The lowest BCUT2D eigenvalue weighted by molar-refractivity contribution is 0.222. The highest BCUT2D eigenvalue weighted by molar-refractivity contribution is 7.10. The van der Waals surface area contributed by atoms with Crippen molar-refractivity contribution in [1.82, 2.24) is 5.32 Å². The van der Waals surface area contributed by atoms with E-state index < -0.39 is 0 Å². The smallest absolute Gasteiger partial charge is 0.0626 e. The molecule has 2 aromatic rings. The predicted octanol–water partition coefficient (Wildman–Crippen LogP) is 3.77. The highest BCUT2D eigenvalue weighted by atomic mass is 32.1. The molecule has 1 aromatic heterocycles.